The Morgan fingerprint density at radius 2 is 2.05 bits per heavy atom. The fourth-order valence-corrected chi connectivity index (χ4v) is 3.23. The summed E-state index contributed by atoms with van der Waals surface area (Å²) in [5.74, 6) is 4.65. The lowest BCUT2D eigenvalue weighted by atomic mass is 10.2. The molecule has 1 heterocycles. The average Bonchev–Trinajstić information content (AvgIpc) is 3.36. The molecular weight excluding hydrogens is 282 g/mol. The number of benzene rings is 1. The molecule has 4 nitrogen and oxygen atoms in total. The fourth-order valence-electron chi connectivity index (χ4n) is 2.33. The maximum absolute atomic E-state index is 6.10. The van der Waals surface area contributed by atoms with Gasteiger partial charge in [0.1, 0.15) is 5.75 Å². The summed E-state index contributed by atoms with van der Waals surface area (Å²) in [5.41, 5.74) is 7.22. The zero-order valence-corrected chi connectivity index (χ0v) is 13.1. The van der Waals surface area contributed by atoms with Crippen molar-refractivity contribution in [2.45, 2.75) is 19.4 Å². The summed E-state index contributed by atoms with van der Waals surface area (Å²) in [6, 6.07) is 8.15. The molecule has 0 aromatic heterocycles. The van der Waals surface area contributed by atoms with Crippen LogP contribution in [0.4, 0.5) is 0 Å². The highest BCUT2D eigenvalue weighted by Crippen LogP contribution is 2.30. The van der Waals surface area contributed by atoms with E-state index in [-0.39, 0.29) is 0 Å². The van der Waals surface area contributed by atoms with E-state index in [0.29, 0.717) is 12.5 Å². The molecule has 1 saturated carbocycles. The quantitative estimate of drug-likeness (QED) is 0.670. The molecule has 21 heavy (non-hydrogen) atoms. The SMILES string of the molecule is NC(=NCc1ccccc1OCC1CC1)N1CCSCC1. The molecule has 114 valence electrons. The number of nitrogens with two attached hydrogens (primary N) is 1. The molecule has 0 unspecified atom stereocenters. The van der Waals surface area contributed by atoms with Crippen molar-refractivity contribution in [3.8, 4) is 5.75 Å². The Hall–Kier alpha value is -1.36. The van der Waals surface area contributed by atoms with Crippen LogP contribution in [0.15, 0.2) is 29.3 Å². The van der Waals surface area contributed by atoms with Gasteiger partial charge in [-0.3, -0.25) is 0 Å². The molecule has 2 fully saturated rings. The van der Waals surface area contributed by atoms with Crippen molar-refractivity contribution in [2.75, 3.05) is 31.2 Å². The summed E-state index contributed by atoms with van der Waals surface area (Å²) < 4.78 is 5.91. The first-order valence-corrected chi connectivity index (χ1v) is 8.82. The Morgan fingerprint density at radius 1 is 1.29 bits per heavy atom. The van der Waals surface area contributed by atoms with Gasteiger partial charge in [0.05, 0.1) is 13.2 Å². The van der Waals surface area contributed by atoms with Crippen LogP contribution >= 0.6 is 11.8 Å². The summed E-state index contributed by atoms with van der Waals surface area (Å²) in [4.78, 5) is 6.72. The third-order valence-corrected chi connectivity index (χ3v) is 4.83. The molecular formula is C16H23N3OS. The minimum atomic E-state index is 0.594. The van der Waals surface area contributed by atoms with Gasteiger partial charge in [-0.15, -0.1) is 0 Å². The zero-order chi connectivity index (χ0) is 14.5. The van der Waals surface area contributed by atoms with Gasteiger partial charge in [-0.05, 0) is 24.8 Å². The second kappa shape index (κ2) is 7.07. The molecule has 1 aliphatic carbocycles. The number of hydrogen-bond donors (Lipinski definition) is 1. The van der Waals surface area contributed by atoms with E-state index in [1.807, 2.05) is 30.0 Å². The molecule has 0 atom stereocenters. The normalized spacial score (nSPS) is 19.6. The molecule has 0 spiro atoms. The molecule has 0 bridgehead atoms. The highest BCUT2D eigenvalue weighted by Gasteiger charge is 2.22. The van der Waals surface area contributed by atoms with E-state index >= 15 is 0 Å². The molecule has 0 amide bonds. The van der Waals surface area contributed by atoms with Crippen LogP contribution < -0.4 is 10.5 Å². The molecule has 1 saturated heterocycles. The van der Waals surface area contributed by atoms with Crippen LogP contribution in [0.25, 0.3) is 0 Å². The van der Waals surface area contributed by atoms with E-state index < -0.39 is 0 Å². The maximum atomic E-state index is 6.10. The van der Waals surface area contributed by atoms with E-state index in [0.717, 1.165) is 48.4 Å². The van der Waals surface area contributed by atoms with Crippen LogP contribution in [0.1, 0.15) is 18.4 Å². The van der Waals surface area contributed by atoms with Gasteiger partial charge in [-0.2, -0.15) is 11.8 Å². The molecule has 5 heteroatoms. The molecule has 2 N–H and O–H groups in total. The summed E-state index contributed by atoms with van der Waals surface area (Å²) in [6.45, 7) is 3.43. The number of thioether (sulfide) groups is 1. The standard InChI is InChI=1S/C16H23N3OS/c17-16(19-7-9-21-10-8-19)18-11-14-3-1-2-4-15(14)20-12-13-5-6-13/h1-4,13H,5-12H2,(H2,17,18). The number of aliphatic imine (C=N–C) groups is 1. The molecule has 1 aromatic rings. The Morgan fingerprint density at radius 3 is 2.81 bits per heavy atom. The summed E-state index contributed by atoms with van der Waals surface area (Å²) in [7, 11) is 0. The second-order valence-corrected chi connectivity index (χ2v) is 6.86. The average molecular weight is 305 g/mol. The highest BCUT2D eigenvalue weighted by atomic mass is 32.2. The molecule has 1 aliphatic heterocycles. The first-order chi connectivity index (χ1) is 10.3. The van der Waals surface area contributed by atoms with E-state index in [1.54, 1.807) is 0 Å². The van der Waals surface area contributed by atoms with Crippen LogP contribution in [0, 0.1) is 5.92 Å². The minimum Gasteiger partial charge on any atom is -0.493 e. The van der Waals surface area contributed by atoms with Crippen LogP contribution in [-0.2, 0) is 6.54 Å². The van der Waals surface area contributed by atoms with E-state index in [9.17, 15) is 0 Å². The highest BCUT2D eigenvalue weighted by molar-refractivity contribution is 7.99. The Bertz CT molecular complexity index is 496. The van der Waals surface area contributed by atoms with Crippen molar-refractivity contribution in [3.63, 3.8) is 0 Å². The topological polar surface area (TPSA) is 50.9 Å². The number of guanidine groups is 1. The summed E-state index contributed by atoms with van der Waals surface area (Å²) in [5, 5.41) is 0. The first-order valence-electron chi connectivity index (χ1n) is 7.66. The van der Waals surface area contributed by atoms with Crippen molar-refractivity contribution in [2.24, 2.45) is 16.6 Å². The molecule has 2 aliphatic rings. The smallest absolute Gasteiger partial charge is 0.191 e. The van der Waals surface area contributed by atoms with Crippen molar-refractivity contribution in [1.82, 2.24) is 4.90 Å². The number of ether oxygens (including phenoxy) is 1. The Balaban J connectivity index is 1.60. The van der Waals surface area contributed by atoms with Crippen LogP contribution in [0.3, 0.4) is 0 Å². The molecule has 0 radical (unpaired) electrons. The van der Waals surface area contributed by atoms with Crippen LogP contribution in [0.5, 0.6) is 5.75 Å². The maximum Gasteiger partial charge on any atom is 0.191 e. The van der Waals surface area contributed by atoms with Crippen molar-refractivity contribution in [1.29, 1.82) is 0 Å². The summed E-state index contributed by atoms with van der Waals surface area (Å²) >= 11 is 1.98. The van der Waals surface area contributed by atoms with Gasteiger partial charge >= 0.3 is 0 Å². The molecule has 3 rings (SSSR count). The van der Waals surface area contributed by atoms with E-state index in [4.69, 9.17) is 10.5 Å². The predicted octanol–water partition coefficient (Wildman–Crippen LogP) is 2.34. The number of nitrogens with zero attached hydrogens (tertiary/aromatic N) is 2. The van der Waals surface area contributed by atoms with Gasteiger partial charge in [0.2, 0.25) is 0 Å². The van der Waals surface area contributed by atoms with Gasteiger partial charge in [0, 0.05) is 30.2 Å². The Labute approximate surface area is 130 Å². The van der Waals surface area contributed by atoms with Gasteiger partial charge in [-0.25, -0.2) is 4.99 Å². The number of rotatable bonds is 5. The zero-order valence-electron chi connectivity index (χ0n) is 12.3. The van der Waals surface area contributed by atoms with Gasteiger partial charge in [0.15, 0.2) is 5.96 Å². The lowest BCUT2D eigenvalue weighted by molar-refractivity contribution is 0.297. The summed E-state index contributed by atoms with van der Waals surface area (Å²) in [6.07, 6.45) is 2.61. The Kier molecular flexibility index (Phi) is 4.91. The van der Waals surface area contributed by atoms with Crippen molar-refractivity contribution < 1.29 is 4.74 Å². The van der Waals surface area contributed by atoms with Gasteiger partial charge in [-0.1, -0.05) is 18.2 Å². The van der Waals surface area contributed by atoms with Crippen LogP contribution in [0.2, 0.25) is 0 Å². The van der Waals surface area contributed by atoms with E-state index in [2.05, 4.69) is 16.0 Å². The number of hydrogen-bond acceptors (Lipinski definition) is 3. The third kappa shape index (κ3) is 4.30. The number of para-hydroxylation sites is 1. The molecule has 1 aromatic carbocycles. The fraction of sp³-hybridized carbons (Fsp3) is 0.562. The van der Waals surface area contributed by atoms with Crippen molar-refractivity contribution >= 4 is 17.7 Å². The largest absolute Gasteiger partial charge is 0.493 e. The van der Waals surface area contributed by atoms with Crippen molar-refractivity contribution in [3.05, 3.63) is 29.8 Å². The lowest BCUT2D eigenvalue weighted by Gasteiger charge is -2.27. The van der Waals surface area contributed by atoms with Gasteiger partial charge < -0.3 is 15.4 Å². The second-order valence-electron chi connectivity index (χ2n) is 5.64. The first kappa shape index (κ1) is 14.6. The predicted molar refractivity (Wildman–Crippen MR) is 88.9 cm³/mol. The minimum absolute atomic E-state index is 0.594. The van der Waals surface area contributed by atoms with Crippen LogP contribution in [-0.4, -0.2) is 42.1 Å². The monoisotopic (exact) mass is 305 g/mol. The van der Waals surface area contributed by atoms with E-state index in [1.165, 1.54) is 12.8 Å². The van der Waals surface area contributed by atoms with Gasteiger partial charge in [0.25, 0.3) is 0 Å². The lowest BCUT2D eigenvalue weighted by Crippen LogP contribution is -2.42. The third-order valence-electron chi connectivity index (χ3n) is 3.89.